The summed E-state index contributed by atoms with van der Waals surface area (Å²) in [5.41, 5.74) is 0. The van der Waals surface area contributed by atoms with E-state index in [1.165, 1.54) is 0 Å². The van der Waals surface area contributed by atoms with Gasteiger partial charge in [-0.15, -0.1) is 0 Å². The molecule has 0 aromatic rings. The SMILES string of the molecule is CCC(C)C1NC(C)N(C(C)CC(C)C)C1=O. The van der Waals surface area contributed by atoms with Crippen LogP contribution >= 0.6 is 0 Å². The van der Waals surface area contributed by atoms with Crippen LogP contribution in [0.25, 0.3) is 0 Å². The lowest BCUT2D eigenvalue weighted by Gasteiger charge is -2.29. The molecule has 100 valence electrons. The summed E-state index contributed by atoms with van der Waals surface area (Å²) in [6.45, 7) is 13.0. The number of hydrogen-bond acceptors (Lipinski definition) is 2. The highest BCUT2D eigenvalue weighted by molar-refractivity contribution is 5.84. The minimum atomic E-state index is 0.0182. The molecule has 1 heterocycles. The van der Waals surface area contributed by atoms with Crippen LogP contribution in [-0.4, -0.2) is 29.1 Å². The number of amides is 1. The van der Waals surface area contributed by atoms with E-state index in [2.05, 4.69) is 46.9 Å². The average molecular weight is 240 g/mol. The number of carbonyl (C=O) groups is 1. The summed E-state index contributed by atoms with van der Waals surface area (Å²) in [4.78, 5) is 14.4. The standard InChI is InChI=1S/C14H28N2O/c1-7-10(4)13-14(17)16(12(6)15-13)11(5)8-9(2)3/h9-13,15H,7-8H2,1-6H3. The number of nitrogens with one attached hydrogen (secondary N) is 1. The molecule has 1 fully saturated rings. The van der Waals surface area contributed by atoms with Crippen LogP contribution in [0.2, 0.25) is 0 Å². The summed E-state index contributed by atoms with van der Waals surface area (Å²) in [5.74, 6) is 1.34. The maximum absolute atomic E-state index is 12.4. The second kappa shape index (κ2) is 5.85. The third-order valence-corrected chi connectivity index (χ3v) is 3.86. The van der Waals surface area contributed by atoms with Gasteiger partial charge >= 0.3 is 0 Å². The van der Waals surface area contributed by atoms with Crippen molar-refractivity contribution in [2.75, 3.05) is 0 Å². The van der Waals surface area contributed by atoms with Gasteiger partial charge in [-0.3, -0.25) is 10.1 Å². The highest BCUT2D eigenvalue weighted by atomic mass is 16.2. The molecule has 0 radical (unpaired) electrons. The fourth-order valence-corrected chi connectivity index (χ4v) is 2.80. The molecule has 0 saturated carbocycles. The predicted octanol–water partition coefficient (Wildman–Crippen LogP) is 2.61. The normalized spacial score (nSPS) is 28.9. The van der Waals surface area contributed by atoms with Gasteiger partial charge in [0.2, 0.25) is 5.91 Å². The molecule has 3 heteroatoms. The van der Waals surface area contributed by atoms with E-state index < -0.39 is 0 Å². The van der Waals surface area contributed by atoms with Gasteiger partial charge < -0.3 is 4.90 Å². The molecular formula is C14H28N2O. The van der Waals surface area contributed by atoms with Crippen molar-refractivity contribution < 1.29 is 4.79 Å². The molecule has 1 rings (SSSR count). The van der Waals surface area contributed by atoms with Crippen molar-refractivity contribution in [3.63, 3.8) is 0 Å². The van der Waals surface area contributed by atoms with Crippen molar-refractivity contribution >= 4 is 5.91 Å². The first-order chi connectivity index (χ1) is 7.88. The largest absolute Gasteiger partial charge is 0.323 e. The Morgan fingerprint density at radius 1 is 1.29 bits per heavy atom. The zero-order valence-corrected chi connectivity index (χ0v) is 12.2. The molecular weight excluding hydrogens is 212 g/mol. The molecule has 4 atom stereocenters. The van der Waals surface area contributed by atoms with E-state index in [-0.39, 0.29) is 12.2 Å². The Labute approximate surface area is 106 Å². The molecule has 3 nitrogen and oxygen atoms in total. The number of nitrogens with zero attached hydrogens (tertiary/aromatic N) is 1. The van der Waals surface area contributed by atoms with Crippen molar-refractivity contribution in [2.24, 2.45) is 11.8 Å². The zero-order valence-electron chi connectivity index (χ0n) is 12.2. The topological polar surface area (TPSA) is 32.3 Å². The minimum absolute atomic E-state index is 0.0182. The third kappa shape index (κ3) is 3.21. The van der Waals surface area contributed by atoms with E-state index in [4.69, 9.17) is 0 Å². The van der Waals surface area contributed by atoms with Crippen LogP contribution in [0, 0.1) is 11.8 Å². The molecule has 1 N–H and O–H groups in total. The van der Waals surface area contributed by atoms with Crippen molar-refractivity contribution in [3.8, 4) is 0 Å². The third-order valence-electron chi connectivity index (χ3n) is 3.86. The van der Waals surface area contributed by atoms with Crippen LogP contribution in [-0.2, 0) is 4.79 Å². The molecule has 1 saturated heterocycles. The molecule has 0 bridgehead atoms. The average Bonchev–Trinajstić information content (AvgIpc) is 2.52. The summed E-state index contributed by atoms with van der Waals surface area (Å²) < 4.78 is 0. The second-order valence-corrected chi connectivity index (χ2v) is 5.93. The first-order valence-corrected chi connectivity index (χ1v) is 6.96. The summed E-state index contributed by atoms with van der Waals surface area (Å²) in [7, 11) is 0. The van der Waals surface area contributed by atoms with Crippen LogP contribution < -0.4 is 5.32 Å². The monoisotopic (exact) mass is 240 g/mol. The second-order valence-electron chi connectivity index (χ2n) is 5.93. The van der Waals surface area contributed by atoms with Crippen LogP contribution in [0.1, 0.15) is 54.4 Å². The molecule has 0 aromatic carbocycles. The summed E-state index contributed by atoms with van der Waals surface area (Å²) >= 11 is 0. The fourth-order valence-electron chi connectivity index (χ4n) is 2.80. The van der Waals surface area contributed by atoms with Gasteiger partial charge in [0.25, 0.3) is 0 Å². The highest BCUT2D eigenvalue weighted by Crippen LogP contribution is 2.23. The van der Waals surface area contributed by atoms with Crippen molar-refractivity contribution in [1.82, 2.24) is 10.2 Å². The molecule has 1 aliphatic heterocycles. The van der Waals surface area contributed by atoms with Crippen molar-refractivity contribution in [3.05, 3.63) is 0 Å². The molecule has 17 heavy (non-hydrogen) atoms. The van der Waals surface area contributed by atoms with Crippen molar-refractivity contribution in [1.29, 1.82) is 0 Å². The predicted molar refractivity (Wildman–Crippen MR) is 71.6 cm³/mol. The smallest absolute Gasteiger partial charge is 0.241 e. The summed E-state index contributed by atoms with van der Waals surface area (Å²) in [6, 6.07) is 0.351. The first kappa shape index (κ1) is 14.5. The van der Waals surface area contributed by atoms with Crippen LogP contribution in [0.4, 0.5) is 0 Å². The van der Waals surface area contributed by atoms with Gasteiger partial charge in [0.1, 0.15) is 0 Å². The Hall–Kier alpha value is -0.570. The van der Waals surface area contributed by atoms with Crippen molar-refractivity contribution in [2.45, 2.75) is 72.6 Å². The quantitative estimate of drug-likeness (QED) is 0.801. The summed E-state index contributed by atoms with van der Waals surface area (Å²) in [6.07, 6.45) is 2.29. The van der Waals surface area contributed by atoms with Gasteiger partial charge in [0, 0.05) is 6.04 Å². The Balaban J connectivity index is 2.71. The van der Waals surface area contributed by atoms with Gasteiger partial charge in [-0.25, -0.2) is 0 Å². The van der Waals surface area contributed by atoms with Gasteiger partial charge in [0.15, 0.2) is 0 Å². The van der Waals surface area contributed by atoms with Gasteiger partial charge in [-0.1, -0.05) is 34.1 Å². The zero-order chi connectivity index (χ0) is 13.2. The Morgan fingerprint density at radius 2 is 1.88 bits per heavy atom. The van der Waals surface area contributed by atoms with E-state index in [1.807, 2.05) is 4.90 Å². The van der Waals surface area contributed by atoms with Crippen LogP contribution in [0.3, 0.4) is 0 Å². The lowest BCUT2D eigenvalue weighted by molar-refractivity contribution is -0.132. The molecule has 4 unspecified atom stereocenters. The lowest BCUT2D eigenvalue weighted by atomic mass is 9.98. The van der Waals surface area contributed by atoms with E-state index in [0.29, 0.717) is 23.8 Å². The number of hydrogen-bond donors (Lipinski definition) is 1. The Bertz CT molecular complexity index is 265. The molecule has 1 aliphatic rings. The maximum Gasteiger partial charge on any atom is 0.241 e. The first-order valence-electron chi connectivity index (χ1n) is 6.96. The number of rotatable bonds is 5. The molecule has 0 aromatic heterocycles. The van der Waals surface area contributed by atoms with E-state index in [1.54, 1.807) is 0 Å². The Kier molecular flexibility index (Phi) is 4.99. The molecule has 1 amide bonds. The van der Waals surface area contributed by atoms with Gasteiger partial charge in [-0.2, -0.15) is 0 Å². The highest BCUT2D eigenvalue weighted by Gasteiger charge is 2.40. The lowest BCUT2D eigenvalue weighted by Crippen LogP contribution is -2.42. The molecule has 0 spiro atoms. The Morgan fingerprint density at radius 3 is 2.35 bits per heavy atom. The summed E-state index contributed by atoms with van der Waals surface area (Å²) in [5, 5.41) is 3.43. The maximum atomic E-state index is 12.4. The minimum Gasteiger partial charge on any atom is -0.323 e. The molecule has 0 aliphatic carbocycles. The van der Waals surface area contributed by atoms with E-state index in [0.717, 1.165) is 12.8 Å². The van der Waals surface area contributed by atoms with Crippen LogP contribution in [0.15, 0.2) is 0 Å². The van der Waals surface area contributed by atoms with E-state index >= 15 is 0 Å². The van der Waals surface area contributed by atoms with Gasteiger partial charge in [0.05, 0.1) is 12.2 Å². The van der Waals surface area contributed by atoms with Crippen LogP contribution in [0.5, 0.6) is 0 Å². The number of carbonyl (C=O) groups excluding carboxylic acids is 1. The van der Waals surface area contributed by atoms with Gasteiger partial charge in [-0.05, 0) is 32.1 Å². The van der Waals surface area contributed by atoms with E-state index in [9.17, 15) is 4.79 Å². The fraction of sp³-hybridized carbons (Fsp3) is 0.929.